The van der Waals surface area contributed by atoms with Crippen LogP contribution < -0.4 is 5.32 Å². The number of aromatic nitrogens is 1. The normalized spacial score (nSPS) is 14.3. The molecule has 3 rings (SSSR count). The van der Waals surface area contributed by atoms with Crippen LogP contribution >= 0.6 is 0 Å². The van der Waals surface area contributed by atoms with E-state index in [0.29, 0.717) is 5.56 Å². The van der Waals surface area contributed by atoms with Gasteiger partial charge in [-0.3, -0.25) is 9.88 Å². The maximum Gasteiger partial charge on any atom is 0.103 e. The van der Waals surface area contributed by atoms with Gasteiger partial charge >= 0.3 is 0 Å². The molecule has 1 aromatic carbocycles. The summed E-state index contributed by atoms with van der Waals surface area (Å²) < 4.78 is 0. The molecule has 0 spiro atoms. The lowest BCUT2D eigenvalue weighted by Gasteiger charge is -2.20. The van der Waals surface area contributed by atoms with Crippen molar-refractivity contribution in [1.29, 1.82) is 5.26 Å². The number of fused-ring (bicyclic) bond motifs is 1. The van der Waals surface area contributed by atoms with Crippen molar-refractivity contribution >= 4 is 16.6 Å². The molecule has 1 N–H and O–H groups in total. The first kappa shape index (κ1) is 13.8. The minimum absolute atomic E-state index is 0.614. The van der Waals surface area contributed by atoms with Crippen LogP contribution in [0.5, 0.6) is 0 Å². The van der Waals surface area contributed by atoms with Gasteiger partial charge in [-0.2, -0.15) is 5.26 Å². The summed E-state index contributed by atoms with van der Waals surface area (Å²) in [5, 5.41) is 13.8. The topological polar surface area (TPSA) is 52.0 Å². The van der Waals surface area contributed by atoms with E-state index in [1.54, 1.807) is 6.20 Å². The van der Waals surface area contributed by atoms with Crippen LogP contribution in [0.15, 0.2) is 30.5 Å². The van der Waals surface area contributed by atoms with Gasteiger partial charge in [-0.1, -0.05) is 25.1 Å². The molecule has 4 heteroatoms. The number of nitrogens with one attached hydrogen (secondary N) is 1. The number of rotatable bonds is 6. The Morgan fingerprint density at radius 2 is 2.19 bits per heavy atom. The highest BCUT2D eigenvalue weighted by Crippen LogP contribution is 2.27. The van der Waals surface area contributed by atoms with Crippen molar-refractivity contribution in [2.45, 2.75) is 25.8 Å². The fourth-order valence-corrected chi connectivity index (χ4v) is 2.78. The van der Waals surface area contributed by atoms with E-state index in [1.165, 1.54) is 12.8 Å². The molecule has 0 saturated heterocycles. The number of pyridine rings is 1. The van der Waals surface area contributed by atoms with Crippen LogP contribution in [0, 0.1) is 11.3 Å². The largest absolute Gasteiger partial charge is 0.382 e. The molecular weight excluding hydrogens is 260 g/mol. The van der Waals surface area contributed by atoms with Crippen molar-refractivity contribution in [3.63, 3.8) is 0 Å². The molecule has 0 unspecified atom stereocenters. The van der Waals surface area contributed by atoms with E-state index in [1.807, 2.05) is 24.3 Å². The number of anilines is 1. The average molecular weight is 280 g/mol. The molecule has 1 saturated carbocycles. The third-order valence-corrected chi connectivity index (χ3v) is 4.07. The SMILES string of the molecule is CCN(CCNc1c(C#N)cnc2ccccc12)C1CC1. The van der Waals surface area contributed by atoms with Gasteiger partial charge in [-0.15, -0.1) is 0 Å². The van der Waals surface area contributed by atoms with Crippen LogP contribution in [0.4, 0.5) is 5.69 Å². The monoisotopic (exact) mass is 280 g/mol. The zero-order chi connectivity index (χ0) is 14.7. The number of nitriles is 1. The second-order valence-electron chi connectivity index (χ2n) is 5.46. The van der Waals surface area contributed by atoms with Crippen molar-refractivity contribution in [3.05, 3.63) is 36.0 Å². The molecule has 1 fully saturated rings. The molecule has 108 valence electrons. The molecule has 0 aliphatic heterocycles. The van der Waals surface area contributed by atoms with Crippen molar-refractivity contribution in [2.75, 3.05) is 25.0 Å². The van der Waals surface area contributed by atoms with Crippen molar-refractivity contribution in [3.8, 4) is 6.07 Å². The van der Waals surface area contributed by atoms with E-state index in [0.717, 1.165) is 42.3 Å². The van der Waals surface area contributed by atoms with Crippen LogP contribution in [0.3, 0.4) is 0 Å². The highest BCUT2D eigenvalue weighted by molar-refractivity contribution is 5.93. The predicted molar refractivity (Wildman–Crippen MR) is 85.2 cm³/mol. The number of hydrogen-bond donors (Lipinski definition) is 1. The average Bonchev–Trinajstić information content (AvgIpc) is 3.36. The first-order valence-corrected chi connectivity index (χ1v) is 7.59. The summed E-state index contributed by atoms with van der Waals surface area (Å²) in [5.41, 5.74) is 2.45. The number of nitrogens with zero attached hydrogens (tertiary/aromatic N) is 3. The summed E-state index contributed by atoms with van der Waals surface area (Å²) in [6, 6.07) is 11.0. The molecule has 0 atom stereocenters. The Hall–Kier alpha value is -2.12. The summed E-state index contributed by atoms with van der Waals surface area (Å²) in [6.07, 6.45) is 4.31. The third kappa shape index (κ3) is 2.98. The summed E-state index contributed by atoms with van der Waals surface area (Å²) in [6.45, 7) is 5.17. The lowest BCUT2D eigenvalue weighted by molar-refractivity contribution is 0.289. The molecule has 4 nitrogen and oxygen atoms in total. The molecule has 2 aromatic rings. The van der Waals surface area contributed by atoms with Gasteiger partial charge in [0.15, 0.2) is 0 Å². The van der Waals surface area contributed by atoms with Gasteiger partial charge in [-0.25, -0.2) is 0 Å². The highest BCUT2D eigenvalue weighted by atomic mass is 15.2. The first-order chi connectivity index (χ1) is 10.3. The molecule has 0 radical (unpaired) electrons. The van der Waals surface area contributed by atoms with E-state index in [4.69, 9.17) is 0 Å². The first-order valence-electron chi connectivity index (χ1n) is 7.59. The van der Waals surface area contributed by atoms with Crippen molar-refractivity contribution in [1.82, 2.24) is 9.88 Å². The van der Waals surface area contributed by atoms with Crippen LogP contribution in [0.2, 0.25) is 0 Å². The van der Waals surface area contributed by atoms with E-state index in [-0.39, 0.29) is 0 Å². The smallest absolute Gasteiger partial charge is 0.103 e. The van der Waals surface area contributed by atoms with Gasteiger partial charge in [0.2, 0.25) is 0 Å². The number of likely N-dealkylation sites (N-methyl/N-ethyl adjacent to an activating group) is 1. The summed E-state index contributed by atoms with van der Waals surface area (Å²) in [7, 11) is 0. The van der Waals surface area contributed by atoms with Crippen molar-refractivity contribution < 1.29 is 0 Å². The third-order valence-electron chi connectivity index (χ3n) is 4.07. The second kappa shape index (κ2) is 6.11. The second-order valence-corrected chi connectivity index (χ2v) is 5.46. The summed E-state index contributed by atoms with van der Waals surface area (Å²) in [5.74, 6) is 0. The molecule has 1 aliphatic carbocycles. The summed E-state index contributed by atoms with van der Waals surface area (Å²) >= 11 is 0. The lowest BCUT2D eigenvalue weighted by Crippen LogP contribution is -2.31. The van der Waals surface area contributed by atoms with E-state index in [9.17, 15) is 5.26 Å². The fourth-order valence-electron chi connectivity index (χ4n) is 2.78. The van der Waals surface area contributed by atoms with Gasteiger partial charge < -0.3 is 5.32 Å². The van der Waals surface area contributed by atoms with E-state index in [2.05, 4.69) is 28.2 Å². The van der Waals surface area contributed by atoms with Crippen molar-refractivity contribution in [2.24, 2.45) is 0 Å². The lowest BCUT2D eigenvalue weighted by atomic mass is 10.1. The Morgan fingerprint density at radius 1 is 1.38 bits per heavy atom. The number of benzene rings is 1. The molecule has 21 heavy (non-hydrogen) atoms. The Labute approximate surface area is 125 Å². The fraction of sp³-hybridized carbons (Fsp3) is 0.412. The van der Waals surface area contributed by atoms with Gasteiger partial charge in [0.05, 0.1) is 16.8 Å². The molecule has 0 bridgehead atoms. The van der Waals surface area contributed by atoms with Gasteiger partial charge in [0.1, 0.15) is 6.07 Å². The molecule has 1 heterocycles. The minimum Gasteiger partial charge on any atom is -0.382 e. The zero-order valence-corrected chi connectivity index (χ0v) is 12.3. The van der Waals surface area contributed by atoms with Crippen LogP contribution in [-0.4, -0.2) is 35.6 Å². The quantitative estimate of drug-likeness (QED) is 0.883. The van der Waals surface area contributed by atoms with E-state index < -0.39 is 0 Å². The Kier molecular flexibility index (Phi) is 4.03. The molecule has 1 aromatic heterocycles. The maximum atomic E-state index is 9.29. The highest BCUT2D eigenvalue weighted by Gasteiger charge is 2.27. The van der Waals surface area contributed by atoms with Gasteiger partial charge in [-0.05, 0) is 25.5 Å². The minimum atomic E-state index is 0.614. The maximum absolute atomic E-state index is 9.29. The molecule has 1 aliphatic rings. The molecule has 0 amide bonds. The summed E-state index contributed by atoms with van der Waals surface area (Å²) in [4.78, 5) is 6.84. The Morgan fingerprint density at radius 3 is 2.90 bits per heavy atom. The predicted octanol–water partition coefficient (Wildman–Crippen LogP) is 3.00. The van der Waals surface area contributed by atoms with Crippen LogP contribution in [0.1, 0.15) is 25.3 Å². The zero-order valence-electron chi connectivity index (χ0n) is 12.3. The van der Waals surface area contributed by atoms with Gasteiger partial charge in [0.25, 0.3) is 0 Å². The standard InChI is InChI=1S/C17H20N4/c1-2-21(14-7-8-14)10-9-19-17-13(11-18)12-20-16-6-4-3-5-15(16)17/h3-6,12,14H,2,7-10H2,1H3,(H,19,20). The van der Waals surface area contributed by atoms with E-state index >= 15 is 0 Å². The number of para-hydroxylation sites is 1. The number of hydrogen-bond acceptors (Lipinski definition) is 4. The Bertz CT molecular complexity index is 670. The Balaban J connectivity index is 1.77. The van der Waals surface area contributed by atoms with Crippen LogP contribution in [0.25, 0.3) is 10.9 Å². The van der Waals surface area contributed by atoms with Crippen LogP contribution in [-0.2, 0) is 0 Å². The van der Waals surface area contributed by atoms with Gasteiger partial charge in [0, 0.05) is 30.7 Å². The molecular formula is C17H20N4.